The van der Waals surface area contributed by atoms with Gasteiger partial charge in [0.05, 0.1) is 11.4 Å². The number of anilines is 2. The molecule has 0 atom stereocenters. The fraction of sp³-hybridized carbons (Fsp3) is 0.0476. The molecule has 0 saturated carbocycles. The maximum absolute atomic E-state index is 2.32. The van der Waals surface area contributed by atoms with Crippen LogP contribution in [0.5, 0.6) is 0 Å². The van der Waals surface area contributed by atoms with Gasteiger partial charge in [-0.3, -0.25) is 0 Å². The minimum Gasteiger partial charge on any atom is -0.343 e. The third-order valence-electron chi connectivity index (χ3n) is 4.47. The molecule has 5 rings (SSSR count). The summed E-state index contributed by atoms with van der Waals surface area (Å²) in [6.07, 6.45) is 0. The van der Waals surface area contributed by atoms with Crippen LogP contribution in [0.25, 0.3) is 20.9 Å². The average molecular weight is 378 g/mol. The van der Waals surface area contributed by atoms with Gasteiger partial charge in [-0.15, -0.1) is 22.7 Å². The summed E-state index contributed by atoms with van der Waals surface area (Å²) in [7, 11) is 2.16. The fourth-order valence-electron chi connectivity index (χ4n) is 3.19. The molecule has 2 aromatic carbocycles. The zero-order valence-corrected chi connectivity index (χ0v) is 16.0. The van der Waals surface area contributed by atoms with Crippen LogP contribution in [0.15, 0.2) is 81.2 Å². The van der Waals surface area contributed by atoms with Gasteiger partial charge < -0.3 is 4.90 Å². The molecule has 4 heteroatoms. The summed E-state index contributed by atoms with van der Waals surface area (Å²) < 4.78 is 0. The van der Waals surface area contributed by atoms with Gasteiger partial charge in [0.15, 0.2) is 0 Å². The molecule has 2 aromatic heterocycles. The Balaban J connectivity index is 1.59. The number of hydrogen-bond donors (Lipinski definition) is 0. The van der Waals surface area contributed by atoms with E-state index in [1.165, 1.54) is 42.0 Å². The summed E-state index contributed by atoms with van der Waals surface area (Å²) in [5.41, 5.74) is 5.16. The Morgan fingerprint density at radius 2 is 1.20 bits per heavy atom. The van der Waals surface area contributed by atoms with E-state index in [2.05, 4.69) is 83.4 Å². The number of hydrogen-bond acceptors (Lipinski definition) is 4. The second-order valence-electron chi connectivity index (χ2n) is 5.98. The molecule has 122 valence electrons. The molecule has 0 spiro atoms. The highest BCUT2D eigenvalue weighted by atomic mass is 32.2. The Labute approximate surface area is 159 Å². The first kappa shape index (κ1) is 15.3. The van der Waals surface area contributed by atoms with Gasteiger partial charge in [-0.2, -0.15) is 0 Å². The Morgan fingerprint density at radius 3 is 1.64 bits per heavy atom. The number of benzene rings is 2. The minimum absolute atomic E-state index is 1.28. The van der Waals surface area contributed by atoms with E-state index in [1.807, 2.05) is 11.8 Å². The summed E-state index contributed by atoms with van der Waals surface area (Å²) in [4.78, 5) is 7.60. The molecule has 0 bridgehead atoms. The quantitative estimate of drug-likeness (QED) is 0.358. The molecule has 3 heterocycles. The molecular formula is C21H15NS3. The van der Waals surface area contributed by atoms with Crippen molar-refractivity contribution in [2.75, 3.05) is 11.9 Å². The summed E-state index contributed by atoms with van der Waals surface area (Å²) in [6, 6.07) is 22.2. The van der Waals surface area contributed by atoms with Crippen LogP contribution < -0.4 is 4.90 Å². The molecule has 0 N–H and O–H groups in total. The molecule has 1 nitrogen and oxygen atoms in total. The van der Waals surface area contributed by atoms with Crippen LogP contribution in [0.1, 0.15) is 0 Å². The van der Waals surface area contributed by atoms with Gasteiger partial charge in [0.2, 0.25) is 0 Å². The lowest BCUT2D eigenvalue weighted by atomic mass is 10.1. The first-order valence-corrected chi connectivity index (χ1v) is 10.6. The lowest BCUT2D eigenvalue weighted by molar-refractivity contribution is 1.11. The molecule has 4 aromatic rings. The van der Waals surface area contributed by atoms with Gasteiger partial charge in [-0.1, -0.05) is 36.0 Å². The summed E-state index contributed by atoms with van der Waals surface area (Å²) in [5, 5.41) is 4.27. The highest BCUT2D eigenvalue weighted by molar-refractivity contribution is 7.99. The third kappa shape index (κ3) is 2.61. The lowest BCUT2D eigenvalue weighted by Gasteiger charge is -2.30. The second kappa shape index (κ2) is 6.06. The molecule has 25 heavy (non-hydrogen) atoms. The minimum atomic E-state index is 1.28. The predicted molar refractivity (Wildman–Crippen MR) is 112 cm³/mol. The summed E-state index contributed by atoms with van der Waals surface area (Å²) >= 11 is 5.46. The maximum Gasteiger partial charge on any atom is 0.0550 e. The summed E-state index contributed by atoms with van der Waals surface area (Å²) in [5.74, 6) is 0. The normalized spacial score (nSPS) is 12.8. The highest BCUT2D eigenvalue weighted by Gasteiger charge is 2.22. The monoisotopic (exact) mass is 377 g/mol. The molecule has 1 aliphatic heterocycles. The van der Waals surface area contributed by atoms with Crippen LogP contribution in [0.2, 0.25) is 0 Å². The van der Waals surface area contributed by atoms with Gasteiger partial charge in [-0.25, -0.2) is 0 Å². The van der Waals surface area contributed by atoms with E-state index in [-0.39, 0.29) is 0 Å². The molecule has 1 aliphatic rings. The summed E-state index contributed by atoms with van der Waals surface area (Å²) in [6.45, 7) is 0. The van der Waals surface area contributed by atoms with E-state index in [0.29, 0.717) is 0 Å². The van der Waals surface area contributed by atoms with Crippen LogP contribution in [-0.4, -0.2) is 7.05 Å². The van der Waals surface area contributed by atoms with Gasteiger partial charge in [-0.05, 0) is 58.3 Å². The van der Waals surface area contributed by atoms with Crippen molar-refractivity contribution in [3.8, 4) is 20.9 Å². The van der Waals surface area contributed by atoms with Gasteiger partial charge >= 0.3 is 0 Å². The van der Waals surface area contributed by atoms with Crippen molar-refractivity contribution < 1.29 is 0 Å². The van der Waals surface area contributed by atoms with E-state index < -0.39 is 0 Å². The molecule has 0 unspecified atom stereocenters. The molecule has 0 aliphatic carbocycles. The van der Waals surface area contributed by atoms with Gasteiger partial charge in [0, 0.05) is 26.6 Å². The van der Waals surface area contributed by atoms with Gasteiger partial charge in [0.25, 0.3) is 0 Å². The molecule has 0 radical (unpaired) electrons. The number of nitrogens with zero attached hydrogens (tertiary/aromatic N) is 1. The van der Waals surface area contributed by atoms with Crippen LogP contribution in [0.4, 0.5) is 11.4 Å². The predicted octanol–water partition coefficient (Wildman–Crippen LogP) is 7.38. The van der Waals surface area contributed by atoms with Crippen LogP contribution in [0, 0.1) is 0 Å². The number of thiophene rings is 2. The van der Waals surface area contributed by atoms with Crippen LogP contribution in [-0.2, 0) is 0 Å². The topological polar surface area (TPSA) is 3.24 Å². The Kier molecular flexibility index (Phi) is 3.70. The van der Waals surface area contributed by atoms with E-state index in [1.54, 1.807) is 22.7 Å². The second-order valence-corrected chi connectivity index (χ2v) is 8.96. The van der Waals surface area contributed by atoms with Crippen molar-refractivity contribution >= 4 is 45.8 Å². The Morgan fingerprint density at radius 1 is 0.680 bits per heavy atom. The first-order chi connectivity index (χ1) is 12.3. The Hall–Kier alpha value is -2.01. The smallest absolute Gasteiger partial charge is 0.0550 e. The van der Waals surface area contributed by atoms with Crippen molar-refractivity contribution in [1.29, 1.82) is 0 Å². The molecular weight excluding hydrogens is 362 g/mol. The largest absolute Gasteiger partial charge is 0.343 e. The SMILES string of the molecule is CN1c2ccc(-c3cccs3)cc2Sc2cc(-c3cccs3)ccc21. The number of rotatable bonds is 2. The van der Waals surface area contributed by atoms with Crippen LogP contribution in [0.3, 0.4) is 0 Å². The Bertz CT molecular complexity index is 949. The maximum atomic E-state index is 2.32. The first-order valence-electron chi connectivity index (χ1n) is 8.07. The van der Waals surface area contributed by atoms with E-state index in [9.17, 15) is 0 Å². The standard InChI is InChI=1S/C21H15NS3/c1-22-16-8-6-14(18-4-2-10-23-18)12-20(16)25-21-13-15(7-9-17(21)22)19-5-3-11-24-19/h2-13H,1H3. The van der Waals surface area contributed by atoms with Crippen molar-refractivity contribution in [1.82, 2.24) is 0 Å². The van der Waals surface area contributed by atoms with Crippen molar-refractivity contribution in [2.45, 2.75) is 9.79 Å². The zero-order chi connectivity index (χ0) is 16.8. The fourth-order valence-corrected chi connectivity index (χ4v) is 5.86. The van der Waals surface area contributed by atoms with Gasteiger partial charge in [0.1, 0.15) is 0 Å². The average Bonchev–Trinajstić information content (AvgIpc) is 3.35. The number of fused-ring (bicyclic) bond motifs is 2. The highest BCUT2D eigenvalue weighted by Crippen LogP contribution is 2.49. The van der Waals surface area contributed by atoms with Crippen molar-refractivity contribution in [3.63, 3.8) is 0 Å². The zero-order valence-electron chi connectivity index (χ0n) is 13.6. The lowest BCUT2D eigenvalue weighted by Crippen LogP contribution is -2.14. The van der Waals surface area contributed by atoms with E-state index in [0.717, 1.165) is 0 Å². The van der Waals surface area contributed by atoms with Crippen LogP contribution >= 0.6 is 34.4 Å². The molecule has 0 saturated heterocycles. The van der Waals surface area contributed by atoms with Crippen molar-refractivity contribution in [3.05, 3.63) is 71.4 Å². The van der Waals surface area contributed by atoms with E-state index in [4.69, 9.17) is 0 Å². The molecule has 0 amide bonds. The van der Waals surface area contributed by atoms with E-state index >= 15 is 0 Å². The molecule has 0 fully saturated rings. The van der Waals surface area contributed by atoms with Crippen molar-refractivity contribution in [2.24, 2.45) is 0 Å². The third-order valence-corrected chi connectivity index (χ3v) is 7.41.